The Morgan fingerprint density at radius 2 is 2.11 bits per heavy atom. The molecule has 0 aromatic rings. The van der Waals surface area contributed by atoms with Crippen molar-refractivity contribution in [1.29, 1.82) is 0 Å². The molecule has 112 valence electrons. The minimum atomic E-state index is -2.79. The predicted molar refractivity (Wildman–Crippen MR) is 79.2 cm³/mol. The van der Waals surface area contributed by atoms with Gasteiger partial charge in [0.1, 0.15) is 0 Å². The number of likely N-dealkylation sites (tertiary alicyclic amines) is 1. The van der Waals surface area contributed by atoms with Crippen LogP contribution in [0.25, 0.3) is 0 Å². The summed E-state index contributed by atoms with van der Waals surface area (Å²) in [4.78, 5) is 2.39. The van der Waals surface area contributed by atoms with Crippen LogP contribution in [-0.4, -0.2) is 56.0 Å². The first-order valence-electron chi connectivity index (χ1n) is 7.72. The molecule has 2 heterocycles. The van der Waals surface area contributed by atoms with E-state index in [2.05, 4.69) is 24.1 Å². The summed E-state index contributed by atoms with van der Waals surface area (Å²) in [6.07, 6.45) is 5.19. The second kappa shape index (κ2) is 6.55. The van der Waals surface area contributed by atoms with Crippen LogP contribution in [0.5, 0.6) is 0 Å². The Hall–Kier alpha value is -0.130. The van der Waals surface area contributed by atoms with Gasteiger partial charge < -0.3 is 5.32 Å². The average molecular weight is 288 g/mol. The molecule has 0 aromatic heterocycles. The predicted octanol–water partition coefficient (Wildman–Crippen LogP) is 1.42. The molecule has 2 fully saturated rings. The smallest absolute Gasteiger partial charge is 0.154 e. The molecule has 0 spiro atoms. The fraction of sp³-hybridized carbons (Fsp3) is 1.00. The second-order valence-electron chi connectivity index (χ2n) is 6.15. The third-order valence-electron chi connectivity index (χ3n) is 4.60. The van der Waals surface area contributed by atoms with Crippen LogP contribution in [0.3, 0.4) is 0 Å². The van der Waals surface area contributed by atoms with Crippen LogP contribution in [0.1, 0.15) is 46.0 Å². The van der Waals surface area contributed by atoms with Crippen molar-refractivity contribution >= 4 is 9.84 Å². The summed E-state index contributed by atoms with van der Waals surface area (Å²) < 4.78 is 23.8. The summed E-state index contributed by atoms with van der Waals surface area (Å²) >= 11 is 0. The van der Waals surface area contributed by atoms with E-state index in [9.17, 15) is 8.42 Å². The Balaban J connectivity index is 1.83. The van der Waals surface area contributed by atoms with E-state index >= 15 is 0 Å². The van der Waals surface area contributed by atoms with E-state index in [1.807, 2.05) is 0 Å². The molecule has 0 aromatic carbocycles. The highest BCUT2D eigenvalue weighted by atomic mass is 32.2. The van der Waals surface area contributed by atoms with Crippen LogP contribution in [0.2, 0.25) is 0 Å². The van der Waals surface area contributed by atoms with Crippen LogP contribution in [0.4, 0.5) is 0 Å². The normalized spacial score (nSPS) is 35.6. The Kier molecular flexibility index (Phi) is 5.26. The molecule has 0 saturated carbocycles. The van der Waals surface area contributed by atoms with Crippen molar-refractivity contribution in [2.75, 3.05) is 25.4 Å². The SMILES string of the molecule is CCCNC1CCN(CC2CCCS2(=O)=O)C(C)C1. The van der Waals surface area contributed by atoms with Gasteiger partial charge in [0.25, 0.3) is 0 Å². The highest BCUT2D eigenvalue weighted by molar-refractivity contribution is 7.92. The maximum atomic E-state index is 11.9. The number of hydrogen-bond acceptors (Lipinski definition) is 4. The summed E-state index contributed by atoms with van der Waals surface area (Å²) in [6, 6.07) is 1.12. The van der Waals surface area contributed by atoms with Crippen LogP contribution >= 0.6 is 0 Å². The highest BCUT2D eigenvalue weighted by Gasteiger charge is 2.35. The number of sulfone groups is 1. The first-order valence-corrected chi connectivity index (χ1v) is 9.43. The van der Waals surface area contributed by atoms with E-state index in [0.29, 0.717) is 17.8 Å². The van der Waals surface area contributed by atoms with Crippen molar-refractivity contribution in [2.24, 2.45) is 0 Å². The number of nitrogens with zero attached hydrogens (tertiary/aromatic N) is 1. The molecule has 3 atom stereocenters. The van der Waals surface area contributed by atoms with Crippen LogP contribution in [0.15, 0.2) is 0 Å². The fourth-order valence-corrected chi connectivity index (χ4v) is 5.20. The van der Waals surface area contributed by atoms with Gasteiger partial charge in [-0.25, -0.2) is 8.42 Å². The van der Waals surface area contributed by atoms with Gasteiger partial charge in [-0.05, 0) is 52.1 Å². The molecule has 2 rings (SSSR count). The van der Waals surface area contributed by atoms with Gasteiger partial charge in [-0.1, -0.05) is 6.92 Å². The summed E-state index contributed by atoms with van der Waals surface area (Å²) in [5, 5.41) is 3.49. The van der Waals surface area contributed by atoms with Gasteiger partial charge in [0, 0.05) is 18.6 Å². The minimum Gasteiger partial charge on any atom is -0.314 e. The molecule has 0 amide bonds. The Labute approximate surface area is 117 Å². The van der Waals surface area contributed by atoms with E-state index in [1.54, 1.807) is 0 Å². The summed E-state index contributed by atoms with van der Waals surface area (Å²) in [7, 11) is -2.79. The molecular formula is C14H28N2O2S. The van der Waals surface area contributed by atoms with E-state index in [1.165, 1.54) is 6.42 Å². The molecule has 2 saturated heterocycles. The molecule has 1 N–H and O–H groups in total. The molecule has 19 heavy (non-hydrogen) atoms. The largest absolute Gasteiger partial charge is 0.314 e. The van der Waals surface area contributed by atoms with Gasteiger partial charge in [0.15, 0.2) is 9.84 Å². The molecule has 5 heteroatoms. The lowest BCUT2D eigenvalue weighted by molar-refractivity contribution is 0.135. The average Bonchev–Trinajstić information content (AvgIpc) is 2.69. The lowest BCUT2D eigenvalue weighted by Crippen LogP contribution is -2.50. The first-order chi connectivity index (χ1) is 9.03. The van der Waals surface area contributed by atoms with Crippen molar-refractivity contribution in [3.05, 3.63) is 0 Å². The van der Waals surface area contributed by atoms with Gasteiger partial charge in [-0.2, -0.15) is 0 Å². The van der Waals surface area contributed by atoms with Crippen molar-refractivity contribution in [1.82, 2.24) is 10.2 Å². The van der Waals surface area contributed by atoms with Crippen molar-refractivity contribution < 1.29 is 8.42 Å². The first kappa shape index (κ1) is 15.3. The van der Waals surface area contributed by atoms with Crippen LogP contribution in [0, 0.1) is 0 Å². The number of nitrogens with one attached hydrogen (secondary N) is 1. The third-order valence-corrected chi connectivity index (χ3v) is 6.86. The Morgan fingerprint density at radius 3 is 2.68 bits per heavy atom. The molecule has 0 aliphatic carbocycles. The monoisotopic (exact) mass is 288 g/mol. The maximum Gasteiger partial charge on any atom is 0.154 e. The van der Waals surface area contributed by atoms with Gasteiger partial charge in [0.05, 0.1) is 11.0 Å². The fourth-order valence-electron chi connectivity index (χ4n) is 3.35. The van der Waals surface area contributed by atoms with E-state index < -0.39 is 9.84 Å². The zero-order valence-electron chi connectivity index (χ0n) is 12.3. The molecule has 2 aliphatic rings. The Morgan fingerprint density at radius 1 is 1.32 bits per heavy atom. The van der Waals surface area contributed by atoms with Crippen molar-refractivity contribution in [2.45, 2.75) is 63.3 Å². The van der Waals surface area contributed by atoms with E-state index in [0.717, 1.165) is 45.3 Å². The lowest BCUT2D eigenvalue weighted by Gasteiger charge is -2.39. The van der Waals surface area contributed by atoms with Crippen molar-refractivity contribution in [3.8, 4) is 0 Å². The van der Waals surface area contributed by atoms with Gasteiger partial charge in [-0.15, -0.1) is 0 Å². The van der Waals surface area contributed by atoms with E-state index in [-0.39, 0.29) is 5.25 Å². The molecule has 3 unspecified atom stereocenters. The minimum absolute atomic E-state index is 0.102. The number of rotatable bonds is 5. The molecular weight excluding hydrogens is 260 g/mol. The maximum absolute atomic E-state index is 11.9. The molecule has 4 nitrogen and oxygen atoms in total. The Bertz CT molecular complexity index is 383. The summed E-state index contributed by atoms with van der Waals surface area (Å²) in [5.74, 6) is 0.403. The van der Waals surface area contributed by atoms with Gasteiger partial charge in [-0.3, -0.25) is 4.90 Å². The highest BCUT2D eigenvalue weighted by Crippen LogP contribution is 2.24. The summed E-state index contributed by atoms with van der Waals surface area (Å²) in [6.45, 7) is 7.31. The summed E-state index contributed by atoms with van der Waals surface area (Å²) in [5.41, 5.74) is 0. The number of piperidine rings is 1. The lowest BCUT2D eigenvalue weighted by atomic mass is 9.97. The van der Waals surface area contributed by atoms with Crippen LogP contribution < -0.4 is 5.32 Å². The quantitative estimate of drug-likeness (QED) is 0.831. The van der Waals surface area contributed by atoms with Gasteiger partial charge in [0.2, 0.25) is 0 Å². The van der Waals surface area contributed by atoms with Gasteiger partial charge >= 0.3 is 0 Å². The third kappa shape index (κ3) is 3.92. The van der Waals surface area contributed by atoms with Crippen molar-refractivity contribution in [3.63, 3.8) is 0 Å². The molecule has 0 bridgehead atoms. The topological polar surface area (TPSA) is 49.4 Å². The van der Waals surface area contributed by atoms with E-state index in [4.69, 9.17) is 0 Å². The second-order valence-corrected chi connectivity index (χ2v) is 8.55. The number of hydrogen-bond donors (Lipinski definition) is 1. The zero-order chi connectivity index (χ0) is 13.9. The standard InChI is InChI=1S/C14H28N2O2S/c1-3-7-15-13-6-8-16(12(2)10-13)11-14-5-4-9-19(14,17)18/h12-15H,3-11H2,1-2H3. The molecule has 2 aliphatic heterocycles. The van der Waals surface area contributed by atoms with Crippen LogP contribution in [-0.2, 0) is 9.84 Å². The zero-order valence-corrected chi connectivity index (χ0v) is 13.1. The molecule has 0 radical (unpaired) electrons.